The molecule has 0 N–H and O–H groups in total. The van der Waals surface area contributed by atoms with Gasteiger partial charge in [0.05, 0.1) is 5.69 Å². The molecule has 1 aromatic heterocycles. The quantitative estimate of drug-likeness (QED) is 0.502. The molecule has 3 aromatic rings. The SMILES string of the molecule is CSc1nnc2c(n1)O[C@@H](c1ccc(C(C)C)cc1)N(C(C)=O)c1ccc(Cl)cc1-2. The van der Waals surface area contributed by atoms with Crippen LogP contribution in [0.2, 0.25) is 5.02 Å². The largest absolute Gasteiger partial charge is 0.447 e. The molecule has 0 spiro atoms. The van der Waals surface area contributed by atoms with Crippen molar-refractivity contribution >= 4 is 35.0 Å². The summed E-state index contributed by atoms with van der Waals surface area (Å²) in [5, 5.41) is 9.51. The molecule has 2 heterocycles. The number of halogens is 1. The van der Waals surface area contributed by atoms with Crippen molar-refractivity contribution in [2.75, 3.05) is 11.2 Å². The molecule has 8 heteroatoms. The lowest BCUT2D eigenvalue weighted by Gasteiger charge is -2.30. The number of anilines is 1. The van der Waals surface area contributed by atoms with E-state index in [0.29, 0.717) is 38.9 Å². The number of fused-ring (bicyclic) bond motifs is 3. The summed E-state index contributed by atoms with van der Waals surface area (Å²) >= 11 is 7.64. The molecule has 0 unspecified atom stereocenters. The highest BCUT2D eigenvalue weighted by molar-refractivity contribution is 7.98. The number of benzene rings is 2. The number of hydrogen-bond acceptors (Lipinski definition) is 6. The number of carbonyl (C=O) groups is 1. The molecule has 0 saturated carbocycles. The van der Waals surface area contributed by atoms with Crippen LogP contribution in [0.15, 0.2) is 47.6 Å². The van der Waals surface area contributed by atoms with Gasteiger partial charge in [0.15, 0.2) is 5.69 Å². The highest BCUT2D eigenvalue weighted by Crippen LogP contribution is 2.44. The first-order chi connectivity index (χ1) is 14.4. The molecular formula is C22H21ClN4O2S. The lowest BCUT2D eigenvalue weighted by molar-refractivity contribution is -0.118. The standard InChI is InChI=1S/C22H21ClN4O2S/c1-12(2)14-5-7-15(8-6-14)21-27(13(3)28)18-10-9-16(23)11-17(18)19-20(29-21)24-22(30-4)26-25-19/h5-12,21H,1-4H3/t21-/m0/s1. The summed E-state index contributed by atoms with van der Waals surface area (Å²) in [7, 11) is 0. The minimum atomic E-state index is -0.698. The van der Waals surface area contributed by atoms with Crippen molar-refractivity contribution in [1.29, 1.82) is 0 Å². The smallest absolute Gasteiger partial charge is 0.247 e. The normalized spacial score (nSPS) is 15.3. The molecule has 4 rings (SSSR count). The minimum absolute atomic E-state index is 0.164. The third-order valence-electron chi connectivity index (χ3n) is 4.98. The highest BCUT2D eigenvalue weighted by atomic mass is 35.5. The summed E-state index contributed by atoms with van der Waals surface area (Å²) in [6, 6.07) is 13.4. The van der Waals surface area contributed by atoms with Crippen LogP contribution in [0.25, 0.3) is 11.3 Å². The molecule has 0 fully saturated rings. The summed E-state index contributed by atoms with van der Waals surface area (Å²) in [5.41, 5.74) is 3.81. The van der Waals surface area contributed by atoms with Gasteiger partial charge in [-0.2, -0.15) is 4.98 Å². The van der Waals surface area contributed by atoms with Crippen molar-refractivity contribution in [3.63, 3.8) is 0 Å². The van der Waals surface area contributed by atoms with E-state index in [1.54, 1.807) is 23.1 Å². The highest BCUT2D eigenvalue weighted by Gasteiger charge is 2.34. The Kier molecular flexibility index (Phi) is 5.66. The second-order valence-electron chi connectivity index (χ2n) is 7.29. The number of rotatable bonds is 3. The van der Waals surface area contributed by atoms with Crippen LogP contribution in [0, 0.1) is 0 Å². The fraction of sp³-hybridized carbons (Fsp3) is 0.273. The van der Waals surface area contributed by atoms with Crippen LogP contribution >= 0.6 is 23.4 Å². The second-order valence-corrected chi connectivity index (χ2v) is 8.50. The van der Waals surface area contributed by atoms with Crippen LogP contribution in [0.5, 0.6) is 5.88 Å². The molecule has 1 amide bonds. The Hall–Kier alpha value is -2.64. The molecule has 6 nitrogen and oxygen atoms in total. The Bertz CT molecular complexity index is 1100. The van der Waals surface area contributed by atoms with Crippen LogP contribution in [-0.2, 0) is 4.79 Å². The van der Waals surface area contributed by atoms with Crippen molar-refractivity contribution in [3.05, 3.63) is 58.6 Å². The van der Waals surface area contributed by atoms with Crippen molar-refractivity contribution < 1.29 is 9.53 Å². The van der Waals surface area contributed by atoms with Gasteiger partial charge in [-0.1, -0.05) is 61.5 Å². The van der Waals surface area contributed by atoms with Crippen molar-refractivity contribution in [2.24, 2.45) is 0 Å². The number of aromatic nitrogens is 3. The fourth-order valence-corrected chi connectivity index (χ4v) is 3.89. The first-order valence-corrected chi connectivity index (χ1v) is 11.1. The number of ether oxygens (including phenoxy) is 1. The van der Waals surface area contributed by atoms with Gasteiger partial charge < -0.3 is 4.74 Å². The molecule has 1 aliphatic rings. The fourth-order valence-electron chi connectivity index (χ4n) is 3.43. The maximum atomic E-state index is 12.8. The monoisotopic (exact) mass is 440 g/mol. The number of hydrogen-bond donors (Lipinski definition) is 0. The molecule has 1 aliphatic heterocycles. The van der Waals surface area contributed by atoms with Gasteiger partial charge in [-0.25, -0.2) is 0 Å². The van der Waals surface area contributed by atoms with E-state index in [4.69, 9.17) is 16.3 Å². The Balaban J connectivity index is 1.93. The molecular weight excluding hydrogens is 420 g/mol. The summed E-state index contributed by atoms with van der Waals surface area (Å²) in [5.74, 6) is 0.560. The molecule has 30 heavy (non-hydrogen) atoms. The van der Waals surface area contributed by atoms with Gasteiger partial charge in [0.25, 0.3) is 0 Å². The van der Waals surface area contributed by atoms with Gasteiger partial charge in [-0.15, -0.1) is 10.2 Å². The first kappa shape index (κ1) is 20.6. The Labute approximate surface area is 184 Å². The predicted molar refractivity (Wildman–Crippen MR) is 119 cm³/mol. The van der Waals surface area contributed by atoms with E-state index in [2.05, 4.69) is 41.2 Å². The van der Waals surface area contributed by atoms with Gasteiger partial charge in [0.2, 0.25) is 23.2 Å². The van der Waals surface area contributed by atoms with E-state index in [1.807, 2.05) is 18.4 Å². The Morgan fingerprint density at radius 2 is 1.90 bits per heavy atom. The molecule has 0 radical (unpaired) electrons. The Morgan fingerprint density at radius 1 is 1.17 bits per heavy atom. The van der Waals surface area contributed by atoms with E-state index in [0.717, 1.165) is 5.56 Å². The second kappa shape index (κ2) is 8.24. The molecule has 0 aliphatic carbocycles. The summed E-state index contributed by atoms with van der Waals surface area (Å²) in [6.45, 7) is 5.79. The van der Waals surface area contributed by atoms with E-state index in [1.165, 1.54) is 24.2 Å². The van der Waals surface area contributed by atoms with E-state index in [-0.39, 0.29) is 5.91 Å². The third kappa shape index (κ3) is 3.75. The third-order valence-corrected chi connectivity index (χ3v) is 5.75. The Morgan fingerprint density at radius 3 is 2.53 bits per heavy atom. The zero-order chi connectivity index (χ0) is 21.4. The summed E-state index contributed by atoms with van der Waals surface area (Å²) in [4.78, 5) is 18.9. The first-order valence-electron chi connectivity index (χ1n) is 9.54. The lowest BCUT2D eigenvalue weighted by Crippen LogP contribution is -2.36. The topological polar surface area (TPSA) is 68.2 Å². The number of carbonyl (C=O) groups excluding carboxylic acids is 1. The molecule has 0 saturated heterocycles. The molecule has 154 valence electrons. The maximum Gasteiger partial charge on any atom is 0.247 e. The number of thioether (sulfide) groups is 1. The molecule has 1 atom stereocenters. The van der Waals surface area contributed by atoms with Crippen molar-refractivity contribution in [2.45, 2.75) is 38.1 Å². The van der Waals surface area contributed by atoms with Crippen molar-refractivity contribution in [3.8, 4) is 17.1 Å². The van der Waals surface area contributed by atoms with Crippen LogP contribution in [0.3, 0.4) is 0 Å². The lowest BCUT2D eigenvalue weighted by atomic mass is 10.0. The van der Waals surface area contributed by atoms with Gasteiger partial charge in [-0.3, -0.25) is 9.69 Å². The predicted octanol–water partition coefficient (Wildman–Crippen LogP) is 5.48. The van der Waals surface area contributed by atoms with Gasteiger partial charge in [0.1, 0.15) is 0 Å². The van der Waals surface area contributed by atoms with Gasteiger partial charge in [-0.05, 0) is 35.9 Å². The zero-order valence-electron chi connectivity index (χ0n) is 17.1. The number of nitrogens with zero attached hydrogens (tertiary/aromatic N) is 4. The molecule has 2 aromatic carbocycles. The van der Waals surface area contributed by atoms with E-state index >= 15 is 0 Å². The van der Waals surface area contributed by atoms with Crippen LogP contribution in [0.1, 0.15) is 44.0 Å². The summed E-state index contributed by atoms with van der Waals surface area (Å²) in [6.07, 6.45) is 1.17. The summed E-state index contributed by atoms with van der Waals surface area (Å²) < 4.78 is 6.32. The van der Waals surface area contributed by atoms with Gasteiger partial charge in [0, 0.05) is 23.1 Å². The van der Waals surface area contributed by atoms with E-state index in [9.17, 15) is 4.79 Å². The van der Waals surface area contributed by atoms with E-state index < -0.39 is 6.23 Å². The van der Waals surface area contributed by atoms with Crippen LogP contribution in [-0.4, -0.2) is 27.3 Å². The van der Waals surface area contributed by atoms with Crippen LogP contribution < -0.4 is 9.64 Å². The number of amides is 1. The van der Waals surface area contributed by atoms with Crippen LogP contribution in [0.4, 0.5) is 5.69 Å². The molecule has 0 bridgehead atoms. The van der Waals surface area contributed by atoms with Gasteiger partial charge >= 0.3 is 0 Å². The zero-order valence-corrected chi connectivity index (χ0v) is 18.7. The average molecular weight is 441 g/mol. The minimum Gasteiger partial charge on any atom is -0.447 e. The maximum absolute atomic E-state index is 12.8. The van der Waals surface area contributed by atoms with Crippen molar-refractivity contribution in [1.82, 2.24) is 15.2 Å². The average Bonchev–Trinajstić information content (AvgIpc) is 2.87.